The second-order valence-corrected chi connectivity index (χ2v) is 4.21. The lowest BCUT2D eigenvalue weighted by molar-refractivity contribution is -0.181. The molecule has 0 radical (unpaired) electrons. The second kappa shape index (κ2) is 5.51. The zero-order chi connectivity index (χ0) is 14.7. The zero-order valence-corrected chi connectivity index (χ0v) is 10.1. The third-order valence-corrected chi connectivity index (χ3v) is 2.68. The number of aliphatic carboxylic acids is 1. The molecule has 1 aliphatic heterocycles. The highest BCUT2D eigenvalue weighted by Gasteiger charge is 2.56. The summed E-state index contributed by atoms with van der Waals surface area (Å²) >= 11 is 0. The topological polar surface area (TPSA) is 40.5 Å². The van der Waals surface area contributed by atoms with Crippen LogP contribution in [0.5, 0.6) is 0 Å². The molecule has 1 rings (SSSR count). The average Bonchev–Trinajstić information content (AvgIpc) is 2.28. The number of hydrogen-bond donors (Lipinski definition) is 1. The monoisotopic (exact) mass is 279 g/mol. The van der Waals surface area contributed by atoms with Gasteiger partial charge in [0.2, 0.25) is 0 Å². The normalized spacial score (nSPS) is 20.7. The fourth-order valence-electron chi connectivity index (χ4n) is 1.55. The van der Waals surface area contributed by atoms with Crippen molar-refractivity contribution in [3.05, 3.63) is 12.3 Å². The Morgan fingerprint density at radius 2 is 1.95 bits per heavy atom. The van der Waals surface area contributed by atoms with Crippen LogP contribution in [0.4, 0.5) is 17.6 Å². The molecule has 7 heteroatoms. The number of allylic oxidation sites excluding steroid dienone is 1. The Hall–Kier alpha value is -1.71. The molecule has 0 bridgehead atoms. The molecule has 1 heterocycles. The van der Waals surface area contributed by atoms with E-state index in [1.165, 1.54) is 5.92 Å². The van der Waals surface area contributed by atoms with Crippen LogP contribution in [0.2, 0.25) is 0 Å². The van der Waals surface area contributed by atoms with Gasteiger partial charge in [-0.05, 0) is 12.3 Å². The van der Waals surface area contributed by atoms with Gasteiger partial charge in [0.15, 0.2) is 0 Å². The van der Waals surface area contributed by atoms with Crippen molar-refractivity contribution in [1.29, 1.82) is 0 Å². The van der Waals surface area contributed by atoms with Crippen LogP contribution in [-0.2, 0) is 4.79 Å². The highest BCUT2D eigenvalue weighted by atomic mass is 19.3. The predicted octanol–water partition coefficient (Wildman–Crippen LogP) is 2.34. The van der Waals surface area contributed by atoms with E-state index < -0.39 is 24.4 Å². The van der Waals surface area contributed by atoms with Crippen molar-refractivity contribution in [2.24, 2.45) is 0 Å². The van der Waals surface area contributed by atoms with Gasteiger partial charge < -0.3 is 10.0 Å². The van der Waals surface area contributed by atoms with Crippen molar-refractivity contribution < 1.29 is 27.5 Å². The summed E-state index contributed by atoms with van der Waals surface area (Å²) in [5, 5.41) is 8.50. The van der Waals surface area contributed by atoms with Crippen molar-refractivity contribution in [3.63, 3.8) is 0 Å². The van der Waals surface area contributed by atoms with Gasteiger partial charge in [-0.15, -0.1) is 0 Å². The molecule has 0 aliphatic carbocycles. The summed E-state index contributed by atoms with van der Waals surface area (Å²) in [7, 11) is 0. The highest BCUT2D eigenvalue weighted by Crippen LogP contribution is 2.36. The molecule has 0 aromatic heterocycles. The first-order valence-electron chi connectivity index (χ1n) is 5.56. The van der Waals surface area contributed by atoms with E-state index in [2.05, 4.69) is 6.58 Å². The number of carbonyl (C=O) groups is 1. The number of rotatable bonds is 4. The Morgan fingerprint density at radius 3 is 2.53 bits per heavy atom. The Morgan fingerprint density at radius 1 is 1.32 bits per heavy atom. The lowest BCUT2D eigenvalue weighted by atomic mass is 10.1. The van der Waals surface area contributed by atoms with Gasteiger partial charge in [-0.1, -0.05) is 12.5 Å². The van der Waals surface area contributed by atoms with E-state index in [4.69, 9.17) is 5.11 Å². The quantitative estimate of drug-likeness (QED) is 0.634. The molecule has 0 aromatic rings. The van der Waals surface area contributed by atoms with Crippen LogP contribution in [0.25, 0.3) is 0 Å². The summed E-state index contributed by atoms with van der Waals surface area (Å²) in [6.07, 6.45) is -0.356. The van der Waals surface area contributed by atoms with E-state index in [9.17, 15) is 22.4 Å². The van der Waals surface area contributed by atoms with Gasteiger partial charge in [0.05, 0.1) is 13.0 Å². The summed E-state index contributed by atoms with van der Waals surface area (Å²) in [6.45, 7) is 2.28. The number of carboxylic acids is 1. The molecule has 0 aromatic carbocycles. The number of hydrogen-bond acceptors (Lipinski definition) is 2. The van der Waals surface area contributed by atoms with E-state index >= 15 is 0 Å². The lowest BCUT2D eigenvalue weighted by Gasteiger charge is -2.33. The molecule has 0 saturated heterocycles. The molecular formula is C12H13F4NO2. The smallest absolute Gasteiger partial charge is 0.372 e. The van der Waals surface area contributed by atoms with Crippen molar-refractivity contribution >= 4 is 5.97 Å². The fraction of sp³-hybridized carbons (Fsp3) is 0.583. The number of carboxylic acid groups (broad SMARTS) is 1. The summed E-state index contributed by atoms with van der Waals surface area (Å²) < 4.78 is 53.0. The predicted molar refractivity (Wildman–Crippen MR) is 59.9 cm³/mol. The largest absolute Gasteiger partial charge is 0.481 e. The molecule has 0 spiro atoms. The highest BCUT2D eigenvalue weighted by molar-refractivity contribution is 5.66. The van der Waals surface area contributed by atoms with Crippen LogP contribution >= 0.6 is 0 Å². The van der Waals surface area contributed by atoms with Crippen LogP contribution in [0.3, 0.4) is 0 Å². The van der Waals surface area contributed by atoms with Crippen molar-refractivity contribution in [2.75, 3.05) is 13.1 Å². The molecule has 0 atom stereocenters. The van der Waals surface area contributed by atoms with Gasteiger partial charge in [-0.25, -0.2) is 0 Å². The van der Waals surface area contributed by atoms with E-state index in [0.717, 1.165) is 4.90 Å². The van der Waals surface area contributed by atoms with Crippen molar-refractivity contribution in [2.45, 2.75) is 31.1 Å². The third-order valence-electron chi connectivity index (χ3n) is 2.68. The third kappa shape index (κ3) is 3.88. The van der Waals surface area contributed by atoms with Gasteiger partial charge in [0.25, 0.3) is 0 Å². The number of alkyl halides is 4. The average molecular weight is 279 g/mol. The van der Waals surface area contributed by atoms with Gasteiger partial charge in [0, 0.05) is 18.7 Å². The number of halogens is 4. The Bertz CT molecular complexity index is 437. The molecule has 3 nitrogen and oxygen atoms in total. The Balaban J connectivity index is 2.80. The molecule has 19 heavy (non-hydrogen) atoms. The molecule has 1 N–H and O–H groups in total. The first-order valence-corrected chi connectivity index (χ1v) is 5.56. The first kappa shape index (κ1) is 15.3. The standard InChI is InChI=1S/C12H13F4NO2/c1-9(4-5-10(18)19)17-7-3-2-6-11(13,14)12(15,16)8-17/h1,3-5,7-8H2,(H,18,19). The van der Waals surface area contributed by atoms with Gasteiger partial charge >= 0.3 is 17.8 Å². The molecular weight excluding hydrogens is 266 g/mol. The van der Waals surface area contributed by atoms with Crippen LogP contribution in [0, 0.1) is 11.8 Å². The van der Waals surface area contributed by atoms with E-state index in [1.807, 2.05) is 5.92 Å². The van der Waals surface area contributed by atoms with Gasteiger partial charge in [-0.3, -0.25) is 4.79 Å². The molecule has 0 amide bonds. The molecule has 0 saturated carbocycles. The Labute approximate surface area is 107 Å². The second-order valence-electron chi connectivity index (χ2n) is 4.21. The van der Waals surface area contributed by atoms with Gasteiger partial charge in [0.1, 0.15) is 0 Å². The summed E-state index contributed by atoms with van der Waals surface area (Å²) in [5.74, 6) is -6.51. The first-order chi connectivity index (χ1) is 8.66. The maximum absolute atomic E-state index is 13.4. The van der Waals surface area contributed by atoms with Crippen molar-refractivity contribution in [1.82, 2.24) is 4.90 Å². The maximum Gasteiger partial charge on any atom is 0.372 e. The van der Waals surface area contributed by atoms with Crippen LogP contribution < -0.4 is 0 Å². The van der Waals surface area contributed by atoms with Crippen LogP contribution in [0.15, 0.2) is 12.3 Å². The Kier molecular flexibility index (Phi) is 4.45. The van der Waals surface area contributed by atoms with Crippen LogP contribution in [-0.4, -0.2) is 40.9 Å². The summed E-state index contributed by atoms with van der Waals surface area (Å²) in [4.78, 5) is 11.4. The minimum Gasteiger partial charge on any atom is -0.481 e. The molecule has 1 aliphatic rings. The maximum atomic E-state index is 13.4. The minimum absolute atomic E-state index is 0.00222. The summed E-state index contributed by atoms with van der Waals surface area (Å²) in [5.41, 5.74) is 0.0987. The molecule has 106 valence electrons. The lowest BCUT2D eigenvalue weighted by Crippen LogP contribution is -2.49. The molecule has 0 fully saturated rings. The van der Waals surface area contributed by atoms with E-state index in [-0.39, 0.29) is 31.5 Å². The van der Waals surface area contributed by atoms with Crippen molar-refractivity contribution in [3.8, 4) is 11.8 Å². The van der Waals surface area contributed by atoms with Crippen LogP contribution in [0.1, 0.15) is 19.3 Å². The summed E-state index contributed by atoms with van der Waals surface area (Å²) in [6, 6.07) is 0. The van der Waals surface area contributed by atoms with E-state index in [1.54, 1.807) is 0 Å². The fourth-order valence-corrected chi connectivity index (χ4v) is 1.55. The SMILES string of the molecule is C=C(CCC(=O)O)N1CCC#CC(F)(F)C(F)(F)C1. The molecule has 0 unspecified atom stereocenters. The van der Waals surface area contributed by atoms with Gasteiger partial charge in [-0.2, -0.15) is 17.6 Å². The minimum atomic E-state index is -4.39. The zero-order valence-electron chi connectivity index (χ0n) is 10.1. The number of nitrogens with zero attached hydrogens (tertiary/aromatic N) is 1. The van der Waals surface area contributed by atoms with E-state index in [0.29, 0.717) is 0 Å².